The Kier molecular flexibility index (Phi) is 7.26. The summed E-state index contributed by atoms with van der Waals surface area (Å²) >= 11 is 1.92. The molecule has 0 spiro atoms. The summed E-state index contributed by atoms with van der Waals surface area (Å²) in [5, 5.41) is 0. The Hall–Kier alpha value is -1.00. The number of likely N-dealkylation sites (tertiary alicyclic amines) is 1. The third kappa shape index (κ3) is 5.33. The fraction of sp³-hybridized carbons (Fsp3) is 0.611. The van der Waals surface area contributed by atoms with Gasteiger partial charge in [-0.3, -0.25) is 9.69 Å². The van der Waals surface area contributed by atoms with Crippen molar-refractivity contribution in [3.05, 3.63) is 35.9 Å². The molecule has 1 fully saturated rings. The number of carbonyl (C=O) groups excluding carboxylic acids is 1. The molecule has 1 heterocycles. The number of likely N-dealkylation sites (N-methyl/N-ethyl adjacent to an activating group) is 1. The van der Waals surface area contributed by atoms with E-state index in [4.69, 9.17) is 0 Å². The standard InChI is InChI=1S/C18H28N2OS/c1-3-20(13-16-8-5-4-6-9-16)18(21)14-19-11-7-10-17(12-19)15-22-2/h4-6,8-9,17H,3,7,10-15H2,1-2H3/t17-/m1/s1. The second kappa shape index (κ2) is 9.21. The van der Waals surface area contributed by atoms with Crippen LogP contribution < -0.4 is 0 Å². The van der Waals surface area contributed by atoms with E-state index in [1.165, 1.54) is 24.2 Å². The zero-order valence-electron chi connectivity index (χ0n) is 13.8. The van der Waals surface area contributed by atoms with Crippen molar-refractivity contribution in [1.82, 2.24) is 9.80 Å². The van der Waals surface area contributed by atoms with Crippen LogP contribution in [-0.4, -0.2) is 53.9 Å². The predicted octanol–water partition coefficient (Wildman–Crippen LogP) is 3.11. The van der Waals surface area contributed by atoms with Crippen molar-refractivity contribution in [2.75, 3.05) is 38.2 Å². The molecule has 0 aromatic heterocycles. The number of hydrogen-bond donors (Lipinski definition) is 0. The predicted molar refractivity (Wildman–Crippen MR) is 95.1 cm³/mol. The topological polar surface area (TPSA) is 23.6 Å². The minimum absolute atomic E-state index is 0.260. The van der Waals surface area contributed by atoms with E-state index in [1.807, 2.05) is 34.9 Å². The fourth-order valence-corrected chi connectivity index (χ4v) is 3.88. The van der Waals surface area contributed by atoms with Gasteiger partial charge in [-0.25, -0.2) is 0 Å². The van der Waals surface area contributed by atoms with Gasteiger partial charge in [0.25, 0.3) is 0 Å². The van der Waals surface area contributed by atoms with Gasteiger partial charge in [0.1, 0.15) is 0 Å². The molecule has 3 nitrogen and oxygen atoms in total. The molecule has 122 valence electrons. The first-order valence-electron chi connectivity index (χ1n) is 8.26. The zero-order chi connectivity index (χ0) is 15.8. The summed E-state index contributed by atoms with van der Waals surface area (Å²) in [6, 6.07) is 10.3. The molecule has 1 atom stereocenters. The molecule has 0 bridgehead atoms. The molecule has 0 unspecified atom stereocenters. The van der Waals surface area contributed by atoms with Crippen molar-refractivity contribution in [3.63, 3.8) is 0 Å². The molecule has 1 aliphatic heterocycles. The maximum absolute atomic E-state index is 12.6. The largest absolute Gasteiger partial charge is 0.338 e. The summed E-state index contributed by atoms with van der Waals surface area (Å²) in [6.07, 6.45) is 4.71. The number of thioether (sulfide) groups is 1. The maximum atomic E-state index is 12.6. The first-order chi connectivity index (χ1) is 10.7. The lowest BCUT2D eigenvalue weighted by Crippen LogP contribution is -2.44. The van der Waals surface area contributed by atoms with Gasteiger partial charge in [0.05, 0.1) is 6.54 Å². The zero-order valence-corrected chi connectivity index (χ0v) is 14.6. The normalized spacial score (nSPS) is 19.1. The van der Waals surface area contributed by atoms with Crippen LogP contribution in [0.1, 0.15) is 25.3 Å². The summed E-state index contributed by atoms with van der Waals surface area (Å²) in [5.74, 6) is 2.23. The molecule has 2 rings (SSSR count). The second-order valence-electron chi connectivity index (χ2n) is 6.09. The van der Waals surface area contributed by atoms with Gasteiger partial charge in [0.2, 0.25) is 5.91 Å². The van der Waals surface area contributed by atoms with E-state index in [1.54, 1.807) is 0 Å². The Morgan fingerprint density at radius 2 is 2.14 bits per heavy atom. The highest BCUT2D eigenvalue weighted by atomic mass is 32.2. The Morgan fingerprint density at radius 1 is 1.36 bits per heavy atom. The van der Waals surface area contributed by atoms with Crippen molar-refractivity contribution >= 4 is 17.7 Å². The van der Waals surface area contributed by atoms with Gasteiger partial charge < -0.3 is 4.90 Å². The van der Waals surface area contributed by atoms with Crippen molar-refractivity contribution in [2.24, 2.45) is 5.92 Å². The summed E-state index contributed by atoms with van der Waals surface area (Å²) in [4.78, 5) is 16.9. The van der Waals surface area contributed by atoms with Crippen molar-refractivity contribution in [2.45, 2.75) is 26.3 Å². The Balaban J connectivity index is 1.86. The van der Waals surface area contributed by atoms with Gasteiger partial charge in [-0.2, -0.15) is 11.8 Å². The second-order valence-corrected chi connectivity index (χ2v) is 7.00. The van der Waals surface area contributed by atoms with Crippen molar-refractivity contribution in [3.8, 4) is 0 Å². The van der Waals surface area contributed by atoms with Crippen LogP contribution in [0, 0.1) is 5.92 Å². The van der Waals surface area contributed by atoms with E-state index < -0.39 is 0 Å². The van der Waals surface area contributed by atoms with Crippen LogP contribution in [0.2, 0.25) is 0 Å². The minimum Gasteiger partial charge on any atom is -0.338 e. The van der Waals surface area contributed by atoms with Crippen LogP contribution in [0.5, 0.6) is 0 Å². The van der Waals surface area contributed by atoms with Crippen LogP contribution in [0.15, 0.2) is 30.3 Å². The Bertz CT molecular complexity index is 450. The average molecular weight is 321 g/mol. The van der Waals surface area contributed by atoms with Crippen LogP contribution in [0.25, 0.3) is 0 Å². The number of hydrogen-bond acceptors (Lipinski definition) is 3. The van der Waals surface area contributed by atoms with Gasteiger partial charge in [0.15, 0.2) is 0 Å². The van der Waals surface area contributed by atoms with Gasteiger partial charge in [0, 0.05) is 19.6 Å². The summed E-state index contributed by atoms with van der Waals surface area (Å²) in [6.45, 7) is 6.28. The highest BCUT2D eigenvalue weighted by Crippen LogP contribution is 2.19. The first-order valence-corrected chi connectivity index (χ1v) is 9.65. The molecule has 4 heteroatoms. The fourth-order valence-electron chi connectivity index (χ4n) is 3.14. The molecular formula is C18H28N2OS. The highest BCUT2D eigenvalue weighted by molar-refractivity contribution is 7.98. The molecule has 22 heavy (non-hydrogen) atoms. The lowest BCUT2D eigenvalue weighted by atomic mass is 10.00. The average Bonchev–Trinajstić information content (AvgIpc) is 2.54. The van der Waals surface area contributed by atoms with Crippen LogP contribution >= 0.6 is 11.8 Å². The number of carbonyl (C=O) groups is 1. The van der Waals surface area contributed by atoms with E-state index in [2.05, 4.69) is 30.2 Å². The molecule has 0 saturated carbocycles. The summed E-state index contributed by atoms with van der Waals surface area (Å²) in [7, 11) is 0. The molecular weight excluding hydrogens is 292 g/mol. The van der Waals surface area contributed by atoms with Crippen LogP contribution in [-0.2, 0) is 11.3 Å². The lowest BCUT2D eigenvalue weighted by Gasteiger charge is -2.33. The Morgan fingerprint density at radius 3 is 2.82 bits per heavy atom. The van der Waals surface area contributed by atoms with Gasteiger partial charge >= 0.3 is 0 Å². The van der Waals surface area contributed by atoms with E-state index in [9.17, 15) is 4.79 Å². The van der Waals surface area contributed by atoms with Gasteiger partial charge in [-0.15, -0.1) is 0 Å². The Labute approximate surface area is 139 Å². The van der Waals surface area contributed by atoms with E-state index in [0.29, 0.717) is 6.54 Å². The summed E-state index contributed by atoms with van der Waals surface area (Å²) < 4.78 is 0. The molecule has 1 aromatic rings. The molecule has 0 aliphatic carbocycles. The number of piperidine rings is 1. The SMILES string of the molecule is CCN(Cc1ccccc1)C(=O)CN1CCC[C@@H](CSC)C1. The smallest absolute Gasteiger partial charge is 0.237 e. The maximum Gasteiger partial charge on any atom is 0.237 e. The van der Waals surface area contributed by atoms with Crippen molar-refractivity contribution < 1.29 is 4.79 Å². The first kappa shape index (κ1) is 17.4. The molecule has 1 saturated heterocycles. The number of amides is 1. The van der Waals surface area contributed by atoms with Crippen LogP contribution in [0.4, 0.5) is 0 Å². The molecule has 0 N–H and O–H groups in total. The third-order valence-electron chi connectivity index (χ3n) is 4.32. The quantitative estimate of drug-likeness (QED) is 0.771. The van der Waals surface area contributed by atoms with Crippen LogP contribution in [0.3, 0.4) is 0 Å². The highest BCUT2D eigenvalue weighted by Gasteiger charge is 2.23. The number of rotatable bonds is 7. The number of nitrogens with zero attached hydrogens (tertiary/aromatic N) is 2. The van der Waals surface area contributed by atoms with Gasteiger partial charge in [-0.05, 0) is 49.8 Å². The van der Waals surface area contributed by atoms with E-state index in [0.717, 1.165) is 32.1 Å². The minimum atomic E-state index is 0.260. The van der Waals surface area contributed by atoms with Gasteiger partial charge in [-0.1, -0.05) is 30.3 Å². The third-order valence-corrected chi connectivity index (χ3v) is 5.12. The lowest BCUT2D eigenvalue weighted by molar-refractivity contribution is -0.133. The molecule has 1 aliphatic rings. The molecule has 1 aromatic carbocycles. The monoisotopic (exact) mass is 320 g/mol. The van der Waals surface area contributed by atoms with E-state index >= 15 is 0 Å². The summed E-state index contributed by atoms with van der Waals surface area (Å²) in [5.41, 5.74) is 1.21. The number of benzene rings is 1. The molecule has 0 radical (unpaired) electrons. The van der Waals surface area contributed by atoms with Crippen molar-refractivity contribution in [1.29, 1.82) is 0 Å². The molecule has 1 amide bonds. The van der Waals surface area contributed by atoms with E-state index in [-0.39, 0.29) is 5.91 Å².